The molecule has 1 aromatic heterocycles. The maximum absolute atomic E-state index is 6.04. The minimum Gasteiger partial charge on any atom is -0.339 e. The highest BCUT2D eigenvalue weighted by molar-refractivity contribution is 5.15. The molecule has 0 saturated heterocycles. The van der Waals surface area contributed by atoms with Crippen LogP contribution in [0.15, 0.2) is 4.52 Å². The van der Waals surface area contributed by atoms with Gasteiger partial charge in [0.15, 0.2) is 5.82 Å². The van der Waals surface area contributed by atoms with Crippen molar-refractivity contribution in [2.75, 3.05) is 0 Å². The molecule has 0 amide bonds. The van der Waals surface area contributed by atoms with Crippen LogP contribution in [0.3, 0.4) is 0 Å². The van der Waals surface area contributed by atoms with Crippen molar-refractivity contribution in [3.63, 3.8) is 0 Å². The average molecular weight is 221 g/mol. The van der Waals surface area contributed by atoms with Crippen LogP contribution in [0.25, 0.3) is 0 Å². The van der Waals surface area contributed by atoms with E-state index in [1.54, 1.807) is 0 Å². The van der Waals surface area contributed by atoms with Gasteiger partial charge in [-0.05, 0) is 24.7 Å². The van der Waals surface area contributed by atoms with Crippen molar-refractivity contribution in [1.29, 1.82) is 0 Å². The second-order valence-corrected chi connectivity index (χ2v) is 5.94. The summed E-state index contributed by atoms with van der Waals surface area (Å²) in [6.45, 7) is 4.49. The van der Waals surface area contributed by atoms with Gasteiger partial charge in [-0.3, -0.25) is 0 Å². The van der Waals surface area contributed by atoms with Gasteiger partial charge in [-0.15, -0.1) is 0 Å². The minimum atomic E-state index is 0.209. The van der Waals surface area contributed by atoms with E-state index in [1.807, 2.05) is 0 Å². The lowest BCUT2D eigenvalue weighted by atomic mass is 10.0. The SMILES string of the molecule is CC1(C)CC1c1noc(C2CCCC2N)n1. The molecule has 1 aromatic rings. The molecule has 0 spiro atoms. The molecule has 4 nitrogen and oxygen atoms in total. The Morgan fingerprint density at radius 3 is 2.69 bits per heavy atom. The lowest BCUT2D eigenvalue weighted by molar-refractivity contribution is 0.340. The van der Waals surface area contributed by atoms with Gasteiger partial charge in [0.1, 0.15) is 0 Å². The Kier molecular flexibility index (Phi) is 2.11. The van der Waals surface area contributed by atoms with E-state index >= 15 is 0 Å². The molecule has 1 heterocycles. The molecule has 0 radical (unpaired) electrons. The first kappa shape index (κ1) is 10.3. The fourth-order valence-corrected chi connectivity index (χ4v) is 2.74. The summed E-state index contributed by atoms with van der Waals surface area (Å²) in [6, 6.07) is 0.209. The molecule has 0 aliphatic heterocycles. The molecule has 16 heavy (non-hydrogen) atoms. The first-order valence-electron chi connectivity index (χ1n) is 6.17. The molecule has 2 aliphatic rings. The topological polar surface area (TPSA) is 64.9 Å². The van der Waals surface area contributed by atoms with Crippen molar-refractivity contribution >= 4 is 0 Å². The highest BCUT2D eigenvalue weighted by Crippen LogP contribution is 2.57. The first-order valence-corrected chi connectivity index (χ1v) is 6.17. The fraction of sp³-hybridized carbons (Fsp3) is 0.833. The van der Waals surface area contributed by atoms with Crippen molar-refractivity contribution in [3.8, 4) is 0 Å². The van der Waals surface area contributed by atoms with Gasteiger partial charge in [-0.2, -0.15) is 4.98 Å². The summed E-state index contributed by atoms with van der Waals surface area (Å²) in [5.41, 5.74) is 6.40. The van der Waals surface area contributed by atoms with Crippen LogP contribution in [0, 0.1) is 5.41 Å². The van der Waals surface area contributed by atoms with Crippen molar-refractivity contribution in [2.45, 2.75) is 57.4 Å². The number of hydrogen-bond acceptors (Lipinski definition) is 4. The quantitative estimate of drug-likeness (QED) is 0.831. The third-order valence-corrected chi connectivity index (χ3v) is 4.17. The standard InChI is InChI=1S/C12H19N3O/c1-12(2)6-8(12)10-14-11(16-15-10)7-4-3-5-9(7)13/h7-9H,3-6,13H2,1-2H3. The van der Waals surface area contributed by atoms with Gasteiger partial charge in [-0.1, -0.05) is 25.4 Å². The second kappa shape index (κ2) is 3.29. The van der Waals surface area contributed by atoms with Crippen molar-refractivity contribution in [1.82, 2.24) is 10.1 Å². The summed E-state index contributed by atoms with van der Waals surface area (Å²) in [6.07, 6.45) is 4.52. The molecule has 3 unspecified atom stereocenters. The van der Waals surface area contributed by atoms with Gasteiger partial charge in [0.05, 0.1) is 5.92 Å². The van der Waals surface area contributed by atoms with E-state index in [-0.39, 0.29) is 6.04 Å². The Balaban J connectivity index is 1.78. The van der Waals surface area contributed by atoms with E-state index in [0.717, 1.165) is 24.6 Å². The van der Waals surface area contributed by atoms with Crippen LogP contribution >= 0.6 is 0 Å². The zero-order valence-electron chi connectivity index (χ0n) is 9.94. The normalized spacial score (nSPS) is 36.6. The molecule has 2 aliphatic carbocycles. The molecule has 2 fully saturated rings. The summed E-state index contributed by atoms with van der Waals surface area (Å²) in [4.78, 5) is 4.54. The third-order valence-electron chi connectivity index (χ3n) is 4.17. The molecule has 2 N–H and O–H groups in total. The second-order valence-electron chi connectivity index (χ2n) is 5.94. The lowest BCUT2D eigenvalue weighted by Gasteiger charge is -2.08. The summed E-state index contributed by atoms with van der Waals surface area (Å²) in [5.74, 6) is 2.44. The molecule has 4 heteroatoms. The van der Waals surface area contributed by atoms with E-state index in [2.05, 4.69) is 24.0 Å². The number of hydrogen-bond donors (Lipinski definition) is 1. The van der Waals surface area contributed by atoms with E-state index in [9.17, 15) is 0 Å². The predicted molar refractivity (Wildman–Crippen MR) is 60.0 cm³/mol. The van der Waals surface area contributed by atoms with Crippen molar-refractivity contribution < 1.29 is 4.52 Å². The summed E-state index contributed by atoms with van der Waals surface area (Å²) >= 11 is 0. The van der Waals surface area contributed by atoms with Gasteiger partial charge in [0.2, 0.25) is 5.89 Å². The molecule has 3 rings (SSSR count). The number of nitrogens with two attached hydrogens (primary N) is 1. The average Bonchev–Trinajstić information content (AvgIpc) is 2.67. The molecule has 3 atom stereocenters. The van der Waals surface area contributed by atoms with Gasteiger partial charge < -0.3 is 10.3 Å². The van der Waals surface area contributed by atoms with E-state index in [4.69, 9.17) is 10.3 Å². The van der Waals surface area contributed by atoms with Crippen LogP contribution in [0.5, 0.6) is 0 Å². The zero-order chi connectivity index (χ0) is 11.3. The van der Waals surface area contributed by atoms with Crippen LogP contribution in [-0.2, 0) is 0 Å². The van der Waals surface area contributed by atoms with Crippen molar-refractivity contribution in [3.05, 3.63) is 11.7 Å². The molecule has 88 valence electrons. The summed E-state index contributed by atoms with van der Waals surface area (Å²) in [5, 5.41) is 4.11. The highest BCUT2D eigenvalue weighted by Gasteiger charge is 2.49. The zero-order valence-corrected chi connectivity index (χ0v) is 9.94. The maximum atomic E-state index is 6.04. The Hall–Kier alpha value is -0.900. The Bertz CT molecular complexity index is 399. The van der Waals surface area contributed by atoms with Crippen LogP contribution < -0.4 is 5.73 Å². The van der Waals surface area contributed by atoms with Gasteiger partial charge >= 0.3 is 0 Å². The smallest absolute Gasteiger partial charge is 0.231 e. The maximum Gasteiger partial charge on any atom is 0.231 e. The van der Waals surface area contributed by atoms with Gasteiger partial charge in [0.25, 0.3) is 0 Å². The number of nitrogens with zero attached hydrogens (tertiary/aromatic N) is 2. The van der Waals surface area contributed by atoms with E-state index in [1.165, 1.54) is 12.8 Å². The van der Waals surface area contributed by atoms with E-state index < -0.39 is 0 Å². The summed E-state index contributed by atoms with van der Waals surface area (Å²) in [7, 11) is 0. The minimum absolute atomic E-state index is 0.209. The molecule has 0 bridgehead atoms. The molecule has 2 saturated carbocycles. The van der Waals surface area contributed by atoms with Crippen LogP contribution in [0.1, 0.15) is 63.1 Å². The lowest BCUT2D eigenvalue weighted by Crippen LogP contribution is -2.22. The monoisotopic (exact) mass is 221 g/mol. The highest BCUT2D eigenvalue weighted by atomic mass is 16.5. The van der Waals surface area contributed by atoms with Gasteiger partial charge in [0, 0.05) is 12.0 Å². The Morgan fingerprint density at radius 1 is 1.38 bits per heavy atom. The third kappa shape index (κ3) is 1.56. The fourth-order valence-electron chi connectivity index (χ4n) is 2.74. The Morgan fingerprint density at radius 2 is 2.12 bits per heavy atom. The van der Waals surface area contributed by atoms with Crippen LogP contribution in [0.4, 0.5) is 0 Å². The molecule has 0 aromatic carbocycles. The number of rotatable bonds is 2. The van der Waals surface area contributed by atoms with Gasteiger partial charge in [-0.25, -0.2) is 0 Å². The Labute approximate surface area is 95.6 Å². The molecular weight excluding hydrogens is 202 g/mol. The summed E-state index contributed by atoms with van der Waals surface area (Å²) < 4.78 is 5.37. The largest absolute Gasteiger partial charge is 0.339 e. The number of aromatic nitrogens is 2. The van der Waals surface area contributed by atoms with Crippen LogP contribution in [0.2, 0.25) is 0 Å². The van der Waals surface area contributed by atoms with Crippen molar-refractivity contribution in [2.24, 2.45) is 11.1 Å². The predicted octanol–water partition coefficient (Wildman–Crippen LogP) is 2.18. The van der Waals surface area contributed by atoms with E-state index in [0.29, 0.717) is 17.3 Å². The molecular formula is C12H19N3O. The first-order chi connectivity index (χ1) is 7.58. The van der Waals surface area contributed by atoms with Crippen LogP contribution in [-0.4, -0.2) is 16.2 Å².